The number of rotatable bonds is 6. The van der Waals surface area contributed by atoms with E-state index in [9.17, 15) is 14.4 Å². The van der Waals surface area contributed by atoms with Crippen LogP contribution in [0.3, 0.4) is 0 Å². The quantitative estimate of drug-likeness (QED) is 0.585. The summed E-state index contributed by atoms with van der Waals surface area (Å²) >= 11 is 0. The summed E-state index contributed by atoms with van der Waals surface area (Å²) in [5, 5.41) is 8.80. The average molecular weight is 410 g/mol. The number of nitrogens with zero attached hydrogens (tertiary/aromatic N) is 4. The fraction of sp³-hybridized carbons (Fsp3) is 0.300. The van der Waals surface area contributed by atoms with Crippen LogP contribution in [0.2, 0.25) is 0 Å². The first-order valence-electron chi connectivity index (χ1n) is 9.33. The van der Waals surface area contributed by atoms with Crippen molar-refractivity contribution in [3.8, 4) is 0 Å². The Labute approximate surface area is 172 Å². The van der Waals surface area contributed by atoms with Crippen LogP contribution >= 0.6 is 0 Å². The van der Waals surface area contributed by atoms with Crippen molar-refractivity contribution in [2.24, 2.45) is 0 Å². The number of fused-ring (bicyclic) bond motifs is 1. The SMILES string of the molecule is Cc1nc2ncnn2c(C)c1CC(=O)O[C@H](C)C(=O)NC(=O)NCc1ccccc1. The predicted octanol–water partition coefficient (Wildman–Crippen LogP) is 1.24. The summed E-state index contributed by atoms with van der Waals surface area (Å²) in [5.74, 6) is -0.890. The third-order valence-electron chi connectivity index (χ3n) is 4.52. The molecule has 0 radical (unpaired) electrons. The molecule has 1 aromatic carbocycles. The molecule has 0 aliphatic heterocycles. The minimum absolute atomic E-state index is 0.0850. The molecule has 0 aliphatic rings. The number of hydrogen-bond donors (Lipinski definition) is 2. The lowest BCUT2D eigenvalue weighted by atomic mass is 10.1. The topological polar surface area (TPSA) is 128 Å². The molecule has 2 heterocycles. The van der Waals surface area contributed by atoms with Crippen LogP contribution in [0, 0.1) is 13.8 Å². The molecule has 156 valence electrons. The van der Waals surface area contributed by atoms with Crippen molar-refractivity contribution in [1.82, 2.24) is 30.2 Å². The van der Waals surface area contributed by atoms with Gasteiger partial charge in [-0.1, -0.05) is 30.3 Å². The number of nitrogens with one attached hydrogen (secondary N) is 2. The van der Waals surface area contributed by atoms with Gasteiger partial charge in [0, 0.05) is 23.5 Å². The lowest BCUT2D eigenvalue weighted by Crippen LogP contribution is -2.44. The first kappa shape index (κ1) is 20.9. The van der Waals surface area contributed by atoms with Crippen LogP contribution in [-0.2, 0) is 27.3 Å². The maximum atomic E-state index is 12.3. The Morgan fingerprint density at radius 3 is 2.63 bits per heavy atom. The van der Waals surface area contributed by atoms with E-state index in [2.05, 4.69) is 25.7 Å². The van der Waals surface area contributed by atoms with Gasteiger partial charge in [0.1, 0.15) is 6.33 Å². The van der Waals surface area contributed by atoms with Crippen LogP contribution in [0.4, 0.5) is 4.79 Å². The van der Waals surface area contributed by atoms with Crippen molar-refractivity contribution in [2.45, 2.75) is 39.8 Å². The molecule has 0 spiro atoms. The molecule has 10 heteroatoms. The van der Waals surface area contributed by atoms with Crippen molar-refractivity contribution in [3.63, 3.8) is 0 Å². The second-order valence-electron chi connectivity index (χ2n) is 6.70. The normalized spacial score (nSPS) is 11.7. The van der Waals surface area contributed by atoms with Gasteiger partial charge in [-0.3, -0.25) is 14.9 Å². The number of imide groups is 1. The van der Waals surface area contributed by atoms with Crippen LogP contribution in [0.5, 0.6) is 0 Å². The Hall–Kier alpha value is -3.82. The molecule has 3 amide bonds. The average Bonchev–Trinajstić information content (AvgIpc) is 3.18. The Kier molecular flexibility index (Phi) is 6.35. The molecule has 0 unspecified atom stereocenters. The number of amides is 3. The highest BCUT2D eigenvalue weighted by molar-refractivity contribution is 5.97. The number of esters is 1. The molecule has 2 N–H and O–H groups in total. The molecule has 1 atom stereocenters. The van der Waals surface area contributed by atoms with E-state index in [-0.39, 0.29) is 13.0 Å². The summed E-state index contributed by atoms with van der Waals surface area (Å²) in [6.07, 6.45) is 0.161. The molecule has 0 fully saturated rings. The zero-order valence-corrected chi connectivity index (χ0v) is 16.9. The minimum atomic E-state index is -1.14. The molecular formula is C20H22N6O4. The maximum absolute atomic E-state index is 12.3. The lowest BCUT2D eigenvalue weighted by molar-refractivity contribution is -0.153. The lowest BCUT2D eigenvalue weighted by Gasteiger charge is -2.15. The van der Waals surface area contributed by atoms with Gasteiger partial charge in [0.05, 0.1) is 6.42 Å². The zero-order valence-electron chi connectivity index (χ0n) is 16.9. The first-order chi connectivity index (χ1) is 14.3. The smallest absolute Gasteiger partial charge is 0.321 e. The summed E-state index contributed by atoms with van der Waals surface area (Å²) in [7, 11) is 0. The second kappa shape index (κ2) is 9.12. The van der Waals surface area contributed by atoms with E-state index >= 15 is 0 Å². The van der Waals surface area contributed by atoms with E-state index in [0.717, 1.165) is 5.56 Å². The van der Waals surface area contributed by atoms with E-state index in [1.807, 2.05) is 30.3 Å². The number of hydrogen-bond acceptors (Lipinski definition) is 7. The van der Waals surface area contributed by atoms with Crippen LogP contribution in [0.1, 0.15) is 29.4 Å². The summed E-state index contributed by atoms with van der Waals surface area (Å²) in [4.78, 5) is 44.7. The summed E-state index contributed by atoms with van der Waals surface area (Å²) in [6, 6.07) is 8.60. The molecular weight excluding hydrogens is 388 g/mol. The summed E-state index contributed by atoms with van der Waals surface area (Å²) in [6.45, 7) is 5.23. The number of aryl methyl sites for hydroxylation is 2. The van der Waals surface area contributed by atoms with Gasteiger partial charge in [0.15, 0.2) is 6.10 Å². The largest absolute Gasteiger partial charge is 0.452 e. The zero-order chi connectivity index (χ0) is 21.7. The second-order valence-corrected chi connectivity index (χ2v) is 6.70. The molecule has 3 aromatic rings. The number of carbonyl (C=O) groups excluding carboxylic acids is 3. The van der Waals surface area contributed by atoms with Crippen LogP contribution in [0.15, 0.2) is 36.7 Å². The van der Waals surface area contributed by atoms with E-state index in [1.54, 1.807) is 13.8 Å². The van der Waals surface area contributed by atoms with Gasteiger partial charge < -0.3 is 10.1 Å². The van der Waals surface area contributed by atoms with E-state index < -0.39 is 24.0 Å². The number of aromatic nitrogens is 4. The van der Waals surface area contributed by atoms with E-state index in [1.165, 1.54) is 17.8 Å². The van der Waals surface area contributed by atoms with Crippen LogP contribution in [0.25, 0.3) is 5.78 Å². The molecule has 2 aromatic heterocycles. The van der Waals surface area contributed by atoms with Gasteiger partial charge >= 0.3 is 12.0 Å². The predicted molar refractivity (Wildman–Crippen MR) is 106 cm³/mol. The fourth-order valence-corrected chi connectivity index (χ4v) is 2.88. The van der Waals surface area contributed by atoms with Crippen molar-refractivity contribution in [3.05, 3.63) is 59.2 Å². The van der Waals surface area contributed by atoms with Gasteiger partial charge in [0.25, 0.3) is 11.7 Å². The minimum Gasteiger partial charge on any atom is -0.452 e. The Bertz CT molecular complexity index is 1080. The number of benzene rings is 1. The van der Waals surface area contributed by atoms with Crippen molar-refractivity contribution in [1.29, 1.82) is 0 Å². The summed E-state index contributed by atoms with van der Waals surface area (Å²) < 4.78 is 6.71. The molecule has 30 heavy (non-hydrogen) atoms. The van der Waals surface area contributed by atoms with Gasteiger partial charge in [-0.2, -0.15) is 10.1 Å². The van der Waals surface area contributed by atoms with Crippen LogP contribution in [-0.4, -0.2) is 43.6 Å². The molecule has 0 saturated heterocycles. The Morgan fingerprint density at radius 2 is 1.90 bits per heavy atom. The highest BCUT2D eigenvalue weighted by Gasteiger charge is 2.22. The molecule has 3 rings (SSSR count). The summed E-state index contributed by atoms with van der Waals surface area (Å²) in [5.41, 5.74) is 2.88. The number of urea groups is 1. The van der Waals surface area contributed by atoms with Gasteiger partial charge in [-0.25, -0.2) is 14.3 Å². The first-order valence-corrected chi connectivity index (χ1v) is 9.33. The van der Waals surface area contributed by atoms with Gasteiger partial charge in [0.2, 0.25) is 0 Å². The Balaban J connectivity index is 1.52. The van der Waals surface area contributed by atoms with E-state index in [4.69, 9.17) is 4.74 Å². The highest BCUT2D eigenvalue weighted by Crippen LogP contribution is 2.14. The Morgan fingerprint density at radius 1 is 1.17 bits per heavy atom. The number of ether oxygens (including phenoxy) is 1. The molecule has 10 nitrogen and oxygen atoms in total. The van der Waals surface area contributed by atoms with Crippen LogP contribution < -0.4 is 10.6 Å². The standard InChI is InChI=1S/C20H22N6O4/c1-12-16(13(2)26-19(24-12)22-11-23-26)9-17(27)30-14(3)18(28)25-20(29)21-10-15-7-5-4-6-8-15/h4-8,11,14H,9-10H2,1-3H3,(H2,21,25,28,29)/t14-/m1/s1. The van der Waals surface area contributed by atoms with Gasteiger partial charge in [-0.15, -0.1) is 0 Å². The van der Waals surface area contributed by atoms with E-state index in [0.29, 0.717) is 22.7 Å². The van der Waals surface area contributed by atoms with Crippen molar-refractivity contribution in [2.75, 3.05) is 0 Å². The monoisotopic (exact) mass is 410 g/mol. The molecule has 0 bridgehead atoms. The van der Waals surface area contributed by atoms with Crippen molar-refractivity contribution < 1.29 is 19.1 Å². The van der Waals surface area contributed by atoms with Gasteiger partial charge in [-0.05, 0) is 26.3 Å². The maximum Gasteiger partial charge on any atom is 0.321 e. The number of carbonyl (C=O) groups is 3. The van der Waals surface area contributed by atoms with Crippen molar-refractivity contribution >= 4 is 23.7 Å². The fourth-order valence-electron chi connectivity index (χ4n) is 2.88. The molecule has 0 aliphatic carbocycles. The third-order valence-corrected chi connectivity index (χ3v) is 4.52. The third kappa shape index (κ3) is 4.96. The highest BCUT2D eigenvalue weighted by atomic mass is 16.5. The molecule has 0 saturated carbocycles.